The molecule has 0 atom stereocenters. The standard InChI is InChI=1S/C18H21N5OS/c1-22-14-9-5-4-8-13(14)16-17(22)19-18(21-20-16)25-12-15(24)23-10-6-2-3-7-11-23/h4-5,8-9H,2-3,6-7,10-12H2,1H3. The Labute approximate surface area is 150 Å². The number of rotatable bonds is 3. The molecule has 3 aromatic rings. The highest BCUT2D eigenvalue weighted by Gasteiger charge is 2.17. The predicted molar refractivity (Wildman–Crippen MR) is 99.6 cm³/mol. The topological polar surface area (TPSA) is 63.9 Å². The van der Waals surface area contributed by atoms with Gasteiger partial charge < -0.3 is 9.47 Å². The van der Waals surface area contributed by atoms with E-state index < -0.39 is 0 Å². The summed E-state index contributed by atoms with van der Waals surface area (Å²) >= 11 is 1.37. The Morgan fingerprint density at radius 2 is 1.88 bits per heavy atom. The number of carbonyl (C=O) groups is 1. The van der Waals surface area contributed by atoms with Gasteiger partial charge in [-0.15, -0.1) is 10.2 Å². The fourth-order valence-corrected chi connectivity index (χ4v) is 4.08. The average molecular weight is 355 g/mol. The largest absolute Gasteiger partial charge is 0.342 e. The molecular weight excluding hydrogens is 334 g/mol. The molecule has 0 unspecified atom stereocenters. The van der Waals surface area contributed by atoms with E-state index in [9.17, 15) is 4.79 Å². The number of para-hydroxylation sites is 1. The fraction of sp³-hybridized carbons (Fsp3) is 0.444. The van der Waals surface area contributed by atoms with Crippen LogP contribution in [0.4, 0.5) is 0 Å². The Balaban J connectivity index is 1.53. The van der Waals surface area contributed by atoms with E-state index >= 15 is 0 Å². The van der Waals surface area contributed by atoms with Crippen molar-refractivity contribution in [1.82, 2.24) is 24.6 Å². The van der Waals surface area contributed by atoms with Crippen molar-refractivity contribution in [3.63, 3.8) is 0 Å². The van der Waals surface area contributed by atoms with Crippen molar-refractivity contribution in [3.05, 3.63) is 24.3 Å². The number of thioether (sulfide) groups is 1. The van der Waals surface area contributed by atoms with Gasteiger partial charge in [0.25, 0.3) is 0 Å². The Morgan fingerprint density at radius 1 is 1.12 bits per heavy atom. The summed E-state index contributed by atoms with van der Waals surface area (Å²) in [7, 11) is 1.98. The Hall–Kier alpha value is -2.15. The van der Waals surface area contributed by atoms with Crippen molar-refractivity contribution in [2.24, 2.45) is 7.05 Å². The van der Waals surface area contributed by atoms with Crippen LogP contribution < -0.4 is 0 Å². The summed E-state index contributed by atoms with van der Waals surface area (Å²) in [6.45, 7) is 1.75. The third-order valence-corrected chi connectivity index (χ3v) is 5.59. The first kappa shape index (κ1) is 16.3. The lowest BCUT2D eigenvalue weighted by Gasteiger charge is -2.19. The van der Waals surface area contributed by atoms with E-state index in [0.29, 0.717) is 10.9 Å². The maximum atomic E-state index is 12.4. The first-order chi connectivity index (χ1) is 12.2. The smallest absolute Gasteiger partial charge is 0.233 e. The summed E-state index contributed by atoms with van der Waals surface area (Å²) in [6.07, 6.45) is 4.66. The van der Waals surface area contributed by atoms with E-state index in [1.54, 1.807) is 0 Å². The van der Waals surface area contributed by atoms with Gasteiger partial charge in [-0.3, -0.25) is 4.79 Å². The SMILES string of the molecule is Cn1c2ccccc2c2nnc(SCC(=O)N3CCCCCC3)nc21. The van der Waals surface area contributed by atoms with Gasteiger partial charge in [-0.1, -0.05) is 42.8 Å². The molecule has 1 aliphatic rings. The van der Waals surface area contributed by atoms with Crippen molar-refractivity contribution in [3.8, 4) is 0 Å². The van der Waals surface area contributed by atoms with Gasteiger partial charge in [-0.2, -0.15) is 0 Å². The summed E-state index contributed by atoms with van der Waals surface area (Å²) in [5, 5.41) is 10.2. The molecular formula is C18H21N5OS. The molecule has 0 aliphatic carbocycles. The van der Waals surface area contributed by atoms with E-state index in [1.807, 2.05) is 40.8 Å². The van der Waals surface area contributed by atoms with E-state index in [2.05, 4.69) is 15.2 Å². The van der Waals surface area contributed by atoms with Gasteiger partial charge in [0, 0.05) is 25.5 Å². The molecule has 0 saturated carbocycles. The minimum atomic E-state index is 0.174. The Morgan fingerprint density at radius 3 is 2.68 bits per heavy atom. The summed E-state index contributed by atoms with van der Waals surface area (Å²) in [6, 6.07) is 8.08. The molecule has 1 aromatic carbocycles. The second-order valence-electron chi connectivity index (χ2n) is 6.43. The number of fused-ring (bicyclic) bond motifs is 3. The molecule has 0 bridgehead atoms. The second kappa shape index (κ2) is 7.00. The van der Waals surface area contributed by atoms with Crippen molar-refractivity contribution in [2.75, 3.05) is 18.8 Å². The molecule has 1 saturated heterocycles. The van der Waals surface area contributed by atoms with E-state index in [4.69, 9.17) is 0 Å². The van der Waals surface area contributed by atoms with Gasteiger partial charge >= 0.3 is 0 Å². The van der Waals surface area contributed by atoms with Crippen LogP contribution in [0.1, 0.15) is 25.7 Å². The van der Waals surface area contributed by atoms with Crippen LogP contribution in [0.5, 0.6) is 0 Å². The van der Waals surface area contributed by atoms with Gasteiger partial charge in [0.05, 0.1) is 11.3 Å². The van der Waals surface area contributed by atoms with Crippen LogP contribution in [-0.4, -0.2) is 49.4 Å². The van der Waals surface area contributed by atoms with Gasteiger partial charge in [0.2, 0.25) is 11.1 Å². The molecule has 6 nitrogen and oxygen atoms in total. The lowest BCUT2D eigenvalue weighted by molar-refractivity contribution is -0.128. The molecule has 0 spiro atoms. The highest BCUT2D eigenvalue weighted by Crippen LogP contribution is 2.26. The number of aryl methyl sites for hydroxylation is 1. The monoisotopic (exact) mass is 355 g/mol. The zero-order valence-electron chi connectivity index (χ0n) is 14.3. The van der Waals surface area contributed by atoms with Crippen molar-refractivity contribution in [1.29, 1.82) is 0 Å². The van der Waals surface area contributed by atoms with Crippen LogP contribution in [0.25, 0.3) is 22.1 Å². The molecule has 7 heteroatoms. The Bertz CT molecular complexity index is 914. The van der Waals surface area contributed by atoms with Crippen molar-refractivity contribution < 1.29 is 4.79 Å². The third kappa shape index (κ3) is 3.20. The molecule has 25 heavy (non-hydrogen) atoms. The minimum absolute atomic E-state index is 0.174. The minimum Gasteiger partial charge on any atom is -0.342 e. The molecule has 4 rings (SSSR count). The fourth-order valence-electron chi connectivity index (χ4n) is 3.39. The van der Waals surface area contributed by atoms with Crippen molar-refractivity contribution >= 4 is 39.7 Å². The first-order valence-electron chi connectivity index (χ1n) is 8.72. The second-order valence-corrected chi connectivity index (χ2v) is 7.37. The van der Waals surface area contributed by atoms with Crippen LogP contribution in [0, 0.1) is 0 Å². The molecule has 1 aliphatic heterocycles. The van der Waals surface area contributed by atoms with Crippen LogP contribution in [0.2, 0.25) is 0 Å². The van der Waals surface area contributed by atoms with Gasteiger partial charge in [0.15, 0.2) is 5.65 Å². The van der Waals surface area contributed by atoms with E-state index in [1.165, 1.54) is 24.6 Å². The lowest BCUT2D eigenvalue weighted by Crippen LogP contribution is -2.33. The first-order valence-corrected chi connectivity index (χ1v) is 9.71. The van der Waals surface area contributed by atoms with Gasteiger partial charge in [0.1, 0.15) is 5.52 Å². The van der Waals surface area contributed by atoms with E-state index in [0.717, 1.165) is 48.0 Å². The number of amides is 1. The summed E-state index contributed by atoms with van der Waals surface area (Å²) in [4.78, 5) is 19.0. The molecule has 130 valence electrons. The summed E-state index contributed by atoms with van der Waals surface area (Å²) in [5.74, 6) is 0.546. The van der Waals surface area contributed by atoms with Gasteiger partial charge in [-0.05, 0) is 18.9 Å². The third-order valence-electron chi connectivity index (χ3n) is 4.77. The van der Waals surface area contributed by atoms with E-state index in [-0.39, 0.29) is 5.91 Å². The number of carbonyl (C=O) groups excluding carboxylic acids is 1. The maximum Gasteiger partial charge on any atom is 0.233 e. The number of benzene rings is 1. The van der Waals surface area contributed by atoms with Crippen LogP contribution in [0.3, 0.4) is 0 Å². The summed E-state index contributed by atoms with van der Waals surface area (Å²) in [5.41, 5.74) is 2.70. The van der Waals surface area contributed by atoms with Crippen molar-refractivity contribution in [2.45, 2.75) is 30.8 Å². The van der Waals surface area contributed by atoms with Crippen LogP contribution >= 0.6 is 11.8 Å². The van der Waals surface area contributed by atoms with Gasteiger partial charge in [-0.25, -0.2) is 4.98 Å². The number of hydrogen-bond donors (Lipinski definition) is 0. The zero-order chi connectivity index (χ0) is 17.2. The highest BCUT2D eigenvalue weighted by molar-refractivity contribution is 7.99. The number of aromatic nitrogens is 4. The van der Waals surface area contributed by atoms with Crippen LogP contribution in [0.15, 0.2) is 29.4 Å². The van der Waals surface area contributed by atoms with Crippen LogP contribution in [-0.2, 0) is 11.8 Å². The lowest BCUT2D eigenvalue weighted by atomic mass is 10.2. The number of hydrogen-bond acceptors (Lipinski definition) is 5. The molecule has 0 radical (unpaired) electrons. The molecule has 0 N–H and O–H groups in total. The zero-order valence-corrected chi connectivity index (χ0v) is 15.1. The molecule has 1 amide bonds. The molecule has 2 aromatic heterocycles. The quantitative estimate of drug-likeness (QED) is 0.676. The maximum absolute atomic E-state index is 12.4. The summed E-state index contributed by atoms with van der Waals surface area (Å²) < 4.78 is 2.03. The molecule has 3 heterocycles. The predicted octanol–water partition coefficient (Wildman–Crippen LogP) is 3.01. The highest BCUT2D eigenvalue weighted by atomic mass is 32.2. The molecule has 1 fully saturated rings. The number of nitrogens with zero attached hydrogens (tertiary/aromatic N) is 5. The average Bonchev–Trinajstić information content (AvgIpc) is 2.83. The normalized spacial score (nSPS) is 15.6. The Kier molecular flexibility index (Phi) is 4.57. The number of likely N-dealkylation sites (tertiary alicyclic amines) is 1.